The molecule has 0 atom stereocenters. The Morgan fingerprint density at radius 3 is 2.14 bits per heavy atom. The fourth-order valence-electron chi connectivity index (χ4n) is 1.98. The molecule has 1 saturated heterocycles. The van der Waals surface area contributed by atoms with Gasteiger partial charge in [-0.05, 0) is 38.1 Å². The number of sulfonamides is 1. The molecule has 0 radical (unpaired) electrons. The second-order valence-corrected chi connectivity index (χ2v) is 6.54. The number of nitrogens with two attached hydrogens (primary N) is 1. The molecule has 1 aliphatic heterocycles. The zero-order valence-electron chi connectivity index (χ0n) is 8.35. The van der Waals surface area contributed by atoms with E-state index in [9.17, 15) is 8.42 Å². The molecule has 0 spiro atoms. The Kier molecular flexibility index (Phi) is 2.81. The maximum atomic E-state index is 11.8. The first-order chi connectivity index (χ1) is 6.64. The van der Waals surface area contributed by atoms with E-state index in [1.54, 1.807) is 4.31 Å². The quantitative estimate of drug-likeness (QED) is 0.733. The van der Waals surface area contributed by atoms with Crippen molar-refractivity contribution in [2.75, 3.05) is 19.6 Å². The van der Waals surface area contributed by atoms with Crippen molar-refractivity contribution >= 4 is 10.0 Å². The molecule has 4 nitrogen and oxygen atoms in total. The maximum absolute atomic E-state index is 11.8. The van der Waals surface area contributed by atoms with Crippen LogP contribution in [0.15, 0.2) is 0 Å². The lowest BCUT2D eigenvalue weighted by Gasteiger charge is -2.30. The molecule has 2 rings (SSSR count). The second-order valence-electron chi connectivity index (χ2n) is 4.32. The molecule has 0 amide bonds. The molecule has 0 aromatic heterocycles. The number of hydrogen-bond donors (Lipinski definition) is 1. The van der Waals surface area contributed by atoms with Crippen molar-refractivity contribution in [2.45, 2.75) is 30.9 Å². The summed E-state index contributed by atoms with van der Waals surface area (Å²) in [7, 11) is -2.93. The summed E-state index contributed by atoms with van der Waals surface area (Å²) in [4.78, 5) is 0. The molecule has 2 aliphatic rings. The van der Waals surface area contributed by atoms with Crippen LogP contribution in [0.2, 0.25) is 0 Å². The van der Waals surface area contributed by atoms with Crippen molar-refractivity contribution in [3.63, 3.8) is 0 Å². The van der Waals surface area contributed by atoms with E-state index >= 15 is 0 Å². The van der Waals surface area contributed by atoms with E-state index in [4.69, 9.17) is 5.73 Å². The lowest BCUT2D eigenvalue weighted by molar-refractivity contribution is 0.278. The van der Waals surface area contributed by atoms with Gasteiger partial charge in [0.15, 0.2) is 0 Å². The summed E-state index contributed by atoms with van der Waals surface area (Å²) in [6, 6.07) is 0. The number of nitrogens with zero attached hydrogens (tertiary/aromatic N) is 1. The van der Waals surface area contributed by atoms with Gasteiger partial charge in [0.05, 0.1) is 5.25 Å². The van der Waals surface area contributed by atoms with Crippen molar-refractivity contribution < 1.29 is 8.42 Å². The average Bonchev–Trinajstić information content (AvgIpc) is 3.01. The second kappa shape index (κ2) is 3.79. The van der Waals surface area contributed by atoms with E-state index in [1.807, 2.05) is 0 Å². The van der Waals surface area contributed by atoms with Crippen LogP contribution in [0.4, 0.5) is 0 Å². The number of piperidine rings is 1. The summed E-state index contributed by atoms with van der Waals surface area (Å²) in [5.74, 6) is 0.528. The van der Waals surface area contributed by atoms with Crippen LogP contribution >= 0.6 is 0 Å². The Labute approximate surface area is 85.5 Å². The minimum Gasteiger partial charge on any atom is -0.330 e. The minimum absolute atomic E-state index is 0.0584. The number of rotatable bonds is 3. The molecule has 0 aromatic carbocycles. The molecule has 0 aromatic rings. The van der Waals surface area contributed by atoms with Crippen molar-refractivity contribution in [1.82, 2.24) is 4.31 Å². The first-order valence-corrected chi connectivity index (χ1v) is 6.84. The summed E-state index contributed by atoms with van der Waals surface area (Å²) in [5.41, 5.74) is 5.56. The minimum atomic E-state index is -2.93. The molecular formula is C9H18N2O2S. The molecule has 2 fully saturated rings. The van der Waals surface area contributed by atoms with Crippen molar-refractivity contribution in [3.05, 3.63) is 0 Å². The van der Waals surface area contributed by atoms with Gasteiger partial charge in [-0.15, -0.1) is 0 Å². The molecule has 5 heteroatoms. The molecule has 82 valence electrons. The molecule has 1 saturated carbocycles. The fourth-order valence-corrected chi connectivity index (χ4v) is 3.85. The third kappa shape index (κ3) is 1.94. The Hall–Kier alpha value is -0.130. The van der Waals surface area contributed by atoms with Gasteiger partial charge in [0.1, 0.15) is 0 Å². The Bertz CT molecular complexity index is 290. The van der Waals surface area contributed by atoms with Gasteiger partial charge >= 0.3 is 0 Å². The zero-order valence-corrected chi connectivity index (χ0v) is 9.17. The van der Waals surface area contributed by atoms with Crippen molar-refractivity contribution in [2.24, 2.45) is 11.7 Å². The highest BCUT2D eigenvalue weighted by Gasteiger charge is 2.40. The van der Waals surface area contributed by atoms with E-state index in [0.717, 1.165) is 25.7 Å². The zero-order chi connectivity index (χ0) is 10.2. The monoisotopic (exact) mass is 218 g/mol. The van der Waals surface area contributed by atoms with Crippen molar-refractivity contribution in [1.29, 1.82) is 0 Å². The van der Waals surface area contributed by atoms with E-state index in [0.29, 0.717) is 25.6 Å². The summed E-state index contributed by atoms with van der Waals surface area (Å²) in [6.07, 6.45) is 3.59. The molecular weight excluding hydrogens is 200 g/mol. The SMILES string of the molecule is NCC1CCN(S(=O)(=O)C2CC2)CC1. The lowest BCUT2D eigenvalue weighted by Crippen LogP contribution is -2.41. The molecule has 1 aliphatic carbocycles. The lowest BCUT2D eigenvalue weighted by atomic mass is 9.99. The number of hydrogen-bond acceptors (Lipinski definition) is 3. The Morgan fingerprint density at radius 1 is 1.14 bits per heavy atom. The highest BCUT2D eigenvalue weighted by Crippen LogP contribution is 2.32. The highest BCUT2D eigenvalue weighted by atomic mass is 32.2. The predicted octanol–water partition coefficient (Wildman–Crippen LogP) is 0.149. The molecule has 1 heterocycles. The average molecular weight is 218 g/mol. The van der Waals surface area contributed by atoms with Crippen molar-refractivity contribution in [3.8, 4) is 0 Å². The van der Waals surface area contributed by atoms with Crippen LogP contribution in [0.5, 0.6) is 0 Å². The molecule has 14 heavy (non-hydrogen) atoms. The van der Waals surface area contributed by atoms with E-state index in [-0.39, 0.29) is 5.25 Å². The maximum Gasteiger partial charge on any atom is 0.216 e. The predicted molar refractivity (Wildman–Crippen MR) is 55.3 cm³/mol. The fraction of sp³-hybridized carbons (Fsp3) is 1.00. The van der Waals surface area contributed by atoms with Crippen LogP contribution in [0.3, 0.4) is 0 Å². The van der Waals surface area contributed by atoms with Crippen LogP contribution in [0.1, 0.15) is 25.7 Å². The van der Waals surface area contributed by atoms with Crippen LogP contribution < -0.4 is 5.73 Å². The van der Waals surface area contributed by atoms with Crippen LogP contribution in [-0.2, 0) is 10.0 Å². The van der Waals surface area contributed by atoms with Crippen LogP contribution in [0.25, 0.3) is 0 Å². The van der Waals surface area contributed by atoms with E-state index in [2.05, 4.69) is 0 Å². The molecule has 2 N–H and O–H groups in total. The van der Waals surface area contributed by atoms with Gasteiger partial charge in [-0.25, -0.2) is 12.7 Å². The highest BCUT2D eigenvalue weighted by molar-refractivity contribution is 7.90. The first kappa shape index (κ1) is 10.4. The van der Waals surface area contributed by atoms with Gasteiger partial charge in [-0.1, -0.05) is 0 Å². The van der Waals surface area contributed by atoms with Gasteiger partial charge in [0.25, 0.3) is 0 Å². The Morgan fingerprint density at radius 2 is 1.71 bits per heavy atom. The molecule has 0 bridgehead atoms. The largest absolute Gasteiger partial charge is 0.330 e. The first-order valence-electron chi connectivity index (χ1n) is 5.33. The summed E-state index contributed by atoms with van der Waals surface area (Å²) < 4.78 is 25.3. The van der Waals surface area contributed by atoms with Gasteiger partial charge in [-0.2, -0.15) is 0 Å². The van der Waals surface area contributed by atoms with Gasteiger partial charge in [-0.3, -0.25) is 0 Å². The van der Waals surface area contributed by atoms with E-state index < -0.39 is 10.0 Å². The smallest absolute Gasteiger partial charge is 0.216 e. The summed E-state index contributed by atoms with van der Waals surface area (Å²) in [5, 5.41) is -0.0584. The third-order valence-corrected chi connectivity index (χ3v) is 5.61. The molecule has 0 unspecified atom stereocenters. The summed E-state index contributed by atoms with van der Waals surface area (Å²) >= 11 is 0. The third-order valence-electron chi connectivity index (χ3n) is 3.21. The Balaban J connectivity index is 1.94. The van der Waals surface area contributed by atoms with Gasteiger partial charge in [0.2, 0.25) is 10.0 Å². The van der Waals surface area contributed by atoms with E-state index in [1.165, 1.54) is 0 Å². The summed E-state index contributed by atoms with van der Waals surface area (Å²) in [6.45, 7) is 2.05. The normalized spacial score (nSPS) is 26.6. The topological polar surface area (TPSA) is 63.4 Å². The standard InChI is InChI=1S/C9H18N2O2S/c10-7-8-3-5-11(6-4-8)14(12,13)9-1-2-9/h8-9H,1-7,10H2. The van der Waals surface area contributed by atoms with Gasteiger partial charge in [0, 0.05) is 13.1 Å². The van der Waals surface area contributed by atoms with Gasteiger partial charge < -0.3 is 5.73 Å². The van der Waals surface area contributed by atoms with Crippen LogP contribution in [-0.4, -0.2) is 37.6 Å². The van der Waals surface area contributed by atoms with Crippen LogP contribution in [0, 0.1) is 5.92 Å².